The molecule has 126 valence electrons. The Morgan fingerprint density at radius 1 is 1.00 bits per heavy atom. The van der Waals surface area contributed by atoms with E-state index < -0.39 is 9.84 Å². The van der Waals surface area contributed by atoms with Gasteiger partial charge in [0.05, 0.1) is 44.5 Å². The zero-order valence-electron chi connectivity index (χ0n) is 13.0. The highest BCUT2D eigenvalue weighted by atomic mass is 32.2. The van der Waals surface area contributed by atoms with Gasteiger partial charge in [-0.3, -0.25) is 0 Å². The van der Waals surface area contributed by atoms with Crippen molar-refractivity contribution in [1.29, 1.82) is 0 Å². The van der Waals surface area contributed by atoms with E-state index in [2.05, 4.69) is 12.2 Å². The largest absolute Gasteiger partial charge is 0.379 e. The van der Waals surface area contributed by atoms with Crippen LogP contribution in [0.25, 0.3) is 0 Å². The number of hydrogen-bond acceptors (Lipinski definition) is 6. The summed E-state index contributed by atoms with van der Waals surface area (Å²) in [6, 6.07) is 0.0927. The van der Waals surface area contributed by atoms with E-state index in [9.17, 15) is 8.42 Å². The molecule has 1 aliphatic heterocycles. The molecule has 1 heterocycles. The Kier molecular flexibility index (Phi) is 10.2. The zero-order chi connectivity index (χ0) is 15.4. The van der Waals surface area contributed by atoms with Crippen LogP contribution in [0.1, 0.15) is 26.2 Å². The number of nitrogens with one attached hydrogen (secondary N) is 1. The Morgan fingerprint density at radius 2 is 1.62 bits per heavy atom. The van der Waals surface area contributed by atoms with Gasteiger partial charge >= 0.3 is 0 Å². The molecule has 0 spiro atoms. The molecule has 1 rings (SSSR count). The summed E-state index contributed by atoms with van der Waals surface area (Å²) in [5, 5.41) is 3.20. The molecular weight excluding hydrogens is 294 g/mol. The van der Waals surface area contributed by atoms with Crippen molar-refractivity contribution in [2.45, 2.75) is 32.2 Å². The number of unbranched alkanes of at least 4 members (excludes halogenated alkanes) is 1. The van der Waals surface area contributed by atoms with Gasteiger partial charge in [-0.15, -0.1) is 0 Å². The van der Waals surface area contributed by atoms with Gasteiger partial charge in [0.1, 0.15) is 0 Å². The maximum absolute atomic E-state index is 11.3. The third kappa shape index (κ3) is 10.2. The highest BCUT2D eigenvalue weighted by Crippen LogP contribution is 2.10. The minimum absolute atomic E-state index is 0.0927. The van der Waals surface area contributed by atoms with E-state index >= 15 is 0 Å². The van der Waals surface area contributed by atoms with Crippen LogP contribution in [0.3, 0.4) is 0 Å². The molecule has 0 radical (unpaired) electrons. The van der Waals surface area contributed by atoms with Crippen LogP contribution in [0.2, 0.25) is 0 Å². The van der Waals surface area contributed by atoms with Gasteiger partial charge in [-0.25, -0.2) is 8.42 Å². The van der Waals surface area contributed by atoms with Gasteiger partial charge in [0.25, 0.3) is 0 Å². The molecule has 0 aliphatic carbocycles. The molecule has 0 amide bonds. The summed E-state index contributed by atoms with van der Waals surface area (Å²) in [4.78, 5) is 0. The molecule has 0 aromatic carbocycles. The van der Waals surface area contributed by atoms with Gasteiger partial charge in [-0.2, -0.15) is 0 Å². The van der Waals surface area contributed by atoms with E-state index in [1.807, 2.05) is 0 Å². The van der Waals surface area contributed by atoms with Crippen LogP contribution < -0.4 is 5.32 Å². The lowest BCUT2D eigenvalue weighted by molar-refractivity contribution is 0.0144. The summed E-state index contributed by atoms with van der Waals surface area (Å²) in [5.41, 5.74) is 0. The summed E-state index contributed by atoms with van der Waals surface area (Å²) in [7, 11) is -2.80. The number of ether oxygens (including phenoxy) is 3. The Balaban J connectivity index is 1.77. The first kappa shape index (κ1) is 18.8. The second kappa shape index (κ2) is 11.4. The summed E-state index contributed by atoms with van der Waals surface area (Å²) in [6.07, 6.45) is 2.96. The van der Waals surface area contributed by atoms with Gasteiger partial charge in [-0.05, 0) is 12.8 Å². The van der Waals surface area contributed by atoms with Gasteiger partial charge in [-0.1, -0.05) is 13.3 Å². The SMILES string of the molecule is CCCCOCCOCCOCCNC1CCS(=O)(=O)C1. The maximum atomic E-state index is 11.3. The van der Waals surface area contributed by atoms with Crippen molar-refractivity contribution in [3.63, 3.8) is 0 Å². The van der Waals surface area contributed by atoms with Gasteiger partial charge in [0.15, 0.2) is 9.84 Å². The van der Waals surface area contributed by atoms with E-state index in [0.29, 0.717) is 51.8 Å². The van der Waals surface area contributed by atoms with Crippen LogP contribution in [0.5, 0.6) is 0 Å². The molecule has 21 heavy (non-hydrogen) atoms. The normalized spacial score (nSPS) is 20.9. The lowest BCUT2D eigenvalue weighted by Crippen LogP contribution is -2.33. The summed E-state index contributed by atoms with van der Waals surface area (Å²) >= 11 is 0. The summed E-state index contributed by atoms with van der Waals surface area (Å²) < 4.78 is 38.7. The van der Waals surface area contributed by atoms with Gasteiger partial charge in [0.2, 0.25) is 0 Å². The molecule has 0 aromatic heterocycles. The fraction of sp³-hybridized carbons (Fsp3) is 1.00. The van der Waals surface area contributed by atoms with Crippen molar-refractivity contribution in [3.8, 4) is 0 Å². The lowest BCUT2D eigenvalue weighted by atomic mass is 10.3. The van der Waals surface area contributed by atoms with E-state index in [1.54, 1.807) is 0 Å². The van der Waals surface area contributed by atoms with Crippen LogP contribution >= 0.6 is 0 Å². The zero-order valence-corrected chi connectivity index (χ0v) is 13.8. The fourth-order valence-corrected chi connectivity index (χ4v) is 3.79. The topological polar surface area (TPSA) is 73.9 Å². The van der Waals surface area contributed by atoms with Crippen molar-refractivity contribution < 1.29 is 22.6 Å². The Bertz CT molecular complexity index is 347. The Labute approximate surface area is 128 Å². The third-order valence-electron chi connectivity index (χ3n) is 3.30. The molecule has 7 heteroatoms. The minimum Gasteiger partial charge on any atom is -0.379 e. The Hall–Kier alpha value is -0.210. The van der Waals surface area contributed by atoms with Gasteiger partial charge in [0, 0.05) is 19.2 Å². The van der Waals surface area contributed by atoms with Crippen molar-refractivity contribution in [1.82, 2.24) is 5.32 Å². The second-order valence-electron chi connectivity index (χ2n) is 5.24. The average molecular weight is 323 g/mol. The van der Waals surface area contributed by atoms with E-state index in [4.69, 9.17) is 14.2 Å². The number of rotatable bonds is 13. The molecular formula is C14H29NO5S. The molecule has 0 saturated carbocycles. The van der Waals surface area contributed by atoms with Crippen LogP contribution in [-0.4, -0.2) is 72.2 Å². The highest BCUT2D eigenvalue weighted by Gasteiger charge is 2.26. The van der Waals surface area contributed by atoms with Crippen LogP contribution in [-0.2, 0) is 24.0 Å². The first-order valence-corrected chi connectivity index (χ1v) is 9.63. The smallest absolute Gasteiger partial charge is 0.151 e. The molecule has 1 atom stereocenters. The molecule has 0 bridgehead atoms. The first-order valence-electron chi connectivity index (χ1n) is 7.81. The molecule has 1 fully saturated rings. The standard InChI is InChI=1S/C14H29NO5S/c1-2-3-6-18-8-10-20-11-9-19-7-5-15-14-4-12-21(16,17)13-14/h14-15H,2-13H2,1H3. The predicted octanol–water partition coefficient (Wildman–Crippen LogP) is 0.613. The molecule has 1 N–H and O–H groups in total. The predicted molar refractivity (Wildman–Crippen MR) is 82.4 cm³/mol. The van der Waals surface area contributed by atoms with Crippen molar-refractivity contribution >= 4 is 9.84 Å². The Morgan fingerprint density at radius 3 is 2.19 bits per heavy atom. The van der Waals surface area contributed by atoms with Crippen molar-refractivity contribution in [2.24, 2.45) is 0 Å². The summed E-state index contributed by atoms with van der Waals surface area (Å²) in [5.74, 6) is 0.563. The molecule has 1 unspecified atom stereocenters. The van der Waals surface area contributed by atoms with Crippen LogP contribution in [0, 0.1) is 0 Å². The van der Waals surface area contributed by atoms with E-state index in [-0.39, 0.29) is 11.8 Å². The molecule has 0 aromatic rings. The number of sulfone groups is 1. The first-order chi connectivity index (χ1) is 10.1. The second-order valence-corrected chi connectivity index (χ2v) is 7.47. The quantitative estimate of drug-likeness (QED) is 0.501. The number of hydrogen-bond donors (Lipinski definition) is 1. The third-order valence-corrected chi connectivity index (χ3v) is 5.07. The van der Waals surface area contributed by atoms with E-state index in [1.165, 1.54) is 0 Å². The lowest BCUT2D eigenvalue weighted by Gasteiger charge is -2.11. The monoisotopic (exact) mass is 323 g/mol. The van der Waals surface area contributed by atoms with Crippen LogP contribution in [0.4, 0.5) is 0 Å². The average Bonchev–Trinajstić information content (AvgIpc) is 2.79. The molecule has 1 saturated heterocycles. The highest BCUT2D eigenvalue weighted by molar-refractivity contribution is 7.91. The van der Waals surface area contributed by atoms with Crippen molar-refractivity contribution in [3.05, 3.63) is 0 Å². The summed E-state index contributed by atoms with van der Waals surface area (Å²) in [6.45, 7) is 6.56. The minimum atomic E-state index is -2.80. The molecule has 6 nitrogen and oxygen atoms in total. The maximum Gasteiger partial charge on any atom is 0.151 e. The van der Waals surface area contributed by atoms with Gasteiger partial charge < -0.3 is 19.5 Å². The van der Waals surface area contributed by atoms with Crippen LogP contribution in [0.15, 0.2) is 0 Å². The molecule has 1 aliphatic rings. The van der Waals surface area contributed by atoms with Crippen molar-refractivity contribution in [2.75, 3.05) is 57.7 Å². The fourth-order valence-electron chi connectivity index (χ4n) is 2.08. The van der Waals surface area contributed by atoms with E-state index in [0.717, 1.165) is 19.4 Å².